The third-order valence-electron chi connectivity index (χ3n) is 3.66. The van der Waals surface area contributed by atoms with Gasteiger partial charge in [-0.2, -0.15) is 0 Å². The first kappa shape index (κ1) is 14.4. The molecule has 1 aliphatic heterocycles. The number of benzene rings is 1. The second kappa shape index (κ2) is 6.93. The number of hydrogen-bond acceptors (Lipinski definition) is 2. The highest BCUT2D eigenvalue weighted by Gasteiger charge is 2.22. The average molecular weight is 276 g/mol. The molecule has 1 fully saturated rings. The Labute approximate surface area is 118 Å². The molecule has 0 bridgehead atoms. The highest BCUT2D eigenvalue weighted by molar-refractivity contribution is 5.79. The van der Waals surface area contributed by atoms with Crippen molar-refractivity contribution < 1.29 is 14.7 Å². The van der Waals surface area contributed by atoms with Gasteiger partial charge in [-0.25, -0.2) is 4.79 Å². The van der Waals surface area contributed by atoms with Crippen molar-refractivity contribution in [2.45, 2.75) is 19.3 Å². The minimum atomic E-state index is -1.02. The Kier molecular flexibility index (Phi) is 4.98. The molecule has 1 aliphatic rings. The molecule has 0 saturated carbocycles. The topological polar surface area (TPSA) is 69.6 Å². The summed E-state index contributed by atoms with van der Waals surface area (Å²) in [5.41, 5.74) is 1.33. The van der Waals surface area contributed by atoms with Crippen molar-refractivity contribution in [1.29, 1.82) is 0 Å². The van der Waals surface area contributed by atoms with E-state index < -0.39 is 5.97 Å². The predicted molar refractivity (Wildman–Crippen MR) is 75.5 cm³/mol. The molecule has 1 saturated heterocycles. The second-order valence-corrected chi connectivity index (χ2v) is 5.17. The second-order valence-electron chi connectivity index (χ2n) is 5.17. The van der Waals surface area contributed by atoms with E-state index in [0.717, 1.165) is 19.3 Å². The molecular formula is C15H20N2O3. The lowest BCUT2D eigenvalue weighted by atomic mass is 9.90. The molecule has 0 radical (unpaired) electrons. The van der Waals surface area contributed by atoms with E-state index in [1.54, 1.807) is 4.90 Å². The molecule has 0 unspecified atom stereocenters. The van der Waals surface area contributed by atoms with E-state index in [1.807, 2.05) is 18.2 Å². The maximum absolute atomic E-state index is 11.7. The summed E-state index contributed by atoms with van der Waals surface area (Å²) in [7, 11) is 0. The Balaban J connectivity index is 1.75. The van der Waals surface area contributed by atoms with Gasteiger partial charge >= 0.3 is 12.0 Å². The molecule has 5 nitrogen and oxygen atoms in total. The molecule has 0 aromatic heterocycles. The normalized spacial score (nSPS) is 15.9. The molecule has 20 heavy (non-hydrogen) atoms. The van der Waals surface area contributed by atoms with E-state index in [9.17, 15) is 9.59 Å². The lowest BCUT2D eigenvalue weighted by molar-refractivity contribution is -0.135. The number of nitrogens with zero attached hydrogens (tertiary/aromatic N) is 1. The molecule has 0 spiro atoms. The van der Waals surface area contributed by atoms with Crippen molar-refractivity contribution in [3.05, 3.63) is 35.9 Å². The number of hydrogen-bond donors (Lipinski definition) is 2. The number of aliphatic carboxylic acids is 1. The zero-order valence-corrected chi connectivity index (χ0v) is 11.4. The van der Waals surface area contributed by atoms with Crippen LogP contribution in [-0.2, 0) is 11.2 Å². The Hall–Kier alpha value is -2.04. The molecule has 0 atom stereocenters. The first-order chi connectivity index (χ1) is 9.65. The van der Waals surface area contributed by atoms with Gasteiger partial charge in [0.05, 0.1) is 0 Å². The Morgan fingerprint density at radius 3 is 2.45 bits per heavy atom. The van der Waals surface area contributed by atoms with Crippen LogP contribution in [0.2, 0.25) is 0 Å². The van der Waals surface area contributed by atoms with Gasteiger partial charge in [0.2, 0.25) is 0 Å². The highest BCUT2D eigenvalue weighted by atomic mass is 16.4. The number of carboxylic acid groups (broad SMARTS) is 1. The summed E-state index contributed by atoms with van der Waals surface area (Å²) in [5.74, 6) is -0.418. The van der Waals surface area contributed by atoms with Crippen LogP contribution in [0, 0.1) is 5.92 Å². The van der Waals surface area contributed by atoms with Crippen LogP contribution < -0.4 is 5.32 Å². The minimum absolute atomic E-state index is 0.273. The summed E-state index contributed by atoms with van der Waals surface area (Å²) >= 11 is 0. The van der Waals surface area contributed by atoms with E-state index in [-0.39, 0.29) is 12.6 Å². The van der Waals surface area contributed by atoms with Crippen LogP contribution in [0.1, 0.15) is 18.4 Å². The summed E-state index contributed by atoms with van der Waals surface area (Å²) < 4.78 is 0. The molecule has 5 heteroatoms. The fraction of sp³-hybridized carbons (Fsp3) is 0.467. The maximum Gasteiger partial charge on any atom is 0.323 e. The standard InChI is InChI=1S/C15H20N2O3/c18-14(19)11-16-15(20)17-8-6-13(7-9-17)10-12-4-2-1-3-5-12/h1-5,13H,6-11H2,(H,16,20)(H,18,19). The minimum Gasteiger partial charge on any atom is -0.480 e. The molecular weight excluding hydrogens is 256 g/mol. The van der Waals surface area contributed by atoms with E-state index in [4.69, 9.17) is 5.11 Å². The Morgan fingerprint density at radius 1 is 1.20 bits per heavy atom. The number of carboxylic acids is 1. The Morgan fingerprint density at radius 2 is 1.85 bits per heavy atom. The van der Waals surface area contributed by atoms with Crippen molar-refractivity contribution in [3.63, 3.8) is 0 Å². The van der Waals surface area contributed by atoms with Gasteiger partial charge < -0.3 is 15.3 Å². The summed E-state index contributed by atoms with van der Waals surface area (Å²) in [6.07, 6.45) is 2.98. The summed E-state index contributed by atoms with van der Waals surface area (Å²) in [4.78, 5) is 23.8. The number of piperidine rings is 1. The summed E-state index contributed by atoms with van der Waals surface area (Å²) in [6.45, 7) is 1.08. The number of likely N-dealkylation sites (tertiary alicyclic amines) is 1. The van der Waals surface area contributed by atoms with Gasteiger partial charge in [0, 0.05) is 13.1 Å². The van der Waals surface area contributed by atoms with Crippen LogP contribution >= 0.6 is 0 Å². The van der Waals surface area contributed by atoms with Gasteiger partial charge in [0.15, 0.2) is 0 Å². The van der Waals surface area contributed by atoms with Crippen molar-refractivity contribution in [2.24, 2.45) is 5.92 Å². The molecule has 108 valence electrons. The van der Waals surface area contributed by atoms with Gasteiger partial charge in [-0.1, -0.05) is 30.3 Å². The van der Waals surface area contributed by atoms with Gasteiger partial charge in [-0.15, -0.1) is 0 Å². The summed E-state index contributed by atoms with van der Waals surface area (Å²) in [6, 6.07) is 10.1. The summed E-state index contributed by atoms with van der Waals surface area (Å²) in [5, 5.41) is 10.9. The van der Waals surface area contributed by atoms with Gasteiger partial charge in [0.25, 0.3) is 0 Å². The van der Waals surface area contributed by atoms with E-state index in [0.29, 0.717) is 19.0 Å². The fourth-order valence-corrected chi connectivity index (χ4v) is 2.55. The van der Waals surface area contributed by atoms with E-state index in [2.05, 4.69) is 17.4 Å². The zero-order valence-electron chi connectivity index (χ0n) is 11.4. The van der Waals surface area contributed by atoms with Crippen LogP contribution in [0.4, 0.5) is 4.79 Å². The first-order valence-corrected chi connectivity index (χ1v) is 6.93. The Bertz CT molecular complexity index is 453. The third kappa shape index (κ3) is 4.26. The van der Waals surface area contributed by atoms with Crippen LogP contribution in [0.15, 0.2) is 30.3 Å². The number of urea groups is 1. The van der Waals surface area contributed by atoms with Crippen molar-refractivity contribution in [1.82, 2.24) is 10.2 Å². The number of rotatable bonds is 4. The van der Waals surface area contributed by atoms with Crippen molar-refractivity contribution >= 4 is 12.0 Å². The van der Waals surface area contributed by atoms with Crippen LogP contribution in [0.5, 0.6) is 0 Å². The lowest BCUT2D eigenvalue weighted by Gasteiger charge is -2.32. The van der Waals surface area contributed by atoms with E-state index in [1.165, 1.54) is 5.56 Å². The van der Waals surface area contributed by atoms with Crippen molar-refractivity contribution in [2.75, 3.05) is 19.6 Å². The number of carbonyl (C=O) groups excluding carboxylic acids is 1. The van der Waals surface area contributed by atoms with Crippen LogP contribution in [0.25, 0.3) is 0 Å². The highest BCUT2D eigenvalue weighted by Crippen LogP contribution is 2.21. The van der Waals surface area contributed by atoms with Crippen molar-refractivity contribution in [3.8, 4) is 0 Å². The largest absolute Gasteiger partial charge is 0.480 e. The third-order valence-corrected chi connectivity index (χ3v) is 3.66. The zero-order chi connectivity index (χ0) is 14.4. The molecule has 1 aromatic rings. The SMILES string of the molecule is O=C(O)CNC(=O)N1CCC(Cc2ccccc2)CC1. The lowest BCUT2D eigenvalue weighted by Crippen LogP contribution is -2.46. The molecule has 2 rings (SSSR count). The molecule has 0 aliphatic carbocycles. The van der Waals surface area contributed by atoms with Gasteiger partial charge in [-0.3, -0.25) is 4.79 Å². The van der Waals surface area contributed by atoms with Gasteiger partial charge in [-0.05, 0) is 30.7 Å². The predicted octanol–water partition coefficient (Wildman–Crippen LogP) is 1.74. The smallest absolute Gasteiger partial charge is 0.323 e. The number of nitrogens with one attached hydrogen (secondary N) is 1. The van der Waals surface area contributed by atoms with E-state index >= 15 is 0 Å². The first-order valence-electron chi connectivity index (χ1n) is 6.93. The quantitative estimate of drug-likeness (QED) is 0.880. The molecule has 2 amide bonds. The number of carbonyl (C=O) groups is 2. The maximum atomic E-state index is 11.7. The molecule has 2 N–H and O–H groups in total. The average Bonchev–Trinajstić information content (AvgIpc) is 2.46. The monoisotopic (exact) mass is 276 g/mol. The number of amides is 2. The van der Waals surface area contributed by atoms with Gasteiger partial charge in [0.1, 0.15) is 6.54 Å². The van der Waals surface area contributed by atoms with Crippen LogP contribution in [0.3, 0.4) is 0 Å². The molecule has 1 aromatic carbocycles. The van der Waals surface area contributed by atoms with Crippen LogP contribution in [-0.4, -0.2) is 41.6 Å². The fourth-order valence-electron chi connectivity index (χ4n) is 2.55. The molecule has 1 heterocycles.